The minimum absolute atomic E-state index is 0. The molecule has 1 aliphatic rings. The molecule has 0 amide bonds. The van der Waals surface area contributed by atoms with Crippen molar-refractivity contribution < 1.29 is 9.11 Å². The van der Waals surface area contributed by atoms with Gasteiger partial charge in [0.25, 0.3) is 0 Å². The zero-order valence-electron chi connectivity index (χ0n) is 20.4. The number of halogens is 1. The summed E-state index contributed by atoms with van der Waals surface area (Å²) >= 11 is 1.57. The molecular formula is C27H27ClN6O2S2. The van der Waals surface area contributed by atoms with Gasteiger partial charge in [-0.25, -0.2) is 9.97 Å². The standard InChI is InChI=1S/C27H26N6O2S2.ClH/c34-37(35)13-11-32(12-14-37)10-4-7-23-16-24-26(36-23)27(29-19-28-24)31-22-8-9-25-21(15-22)17-30-33(25)18-20-5-2-1-3-6-20;/h1-3,5-6,8-9,15-17,19,34-35H,10-14,18H2,(H,28,29,31);1H. The molecule has 0 bridgehead atoms. The van der Waals surface area contributed by atoms with E-state index in [1.165, 1.54) is 5.56 Å². The van der Waals surface area contributed by atoms with Crippen LogP contribution in [0.15, 0.2) is 67.1 Å². The Hall–Kier alpha value is -3.17. The van der Waals surface area contributed by atoms with Gasteiger partial charge in [0.05, 0.1) is 51.4 Å². The third-order valence-electron chi connectivity index (χ3n) is 6.37. The molecule has 0 spiro atoms. The highest BCUT2D eigenvalue weighted by Gasteiger charge is 2.21. The average Bonchev–Trinajstić information content (AvgIpc) is 3.50. The van der Waals surface area contributed by atoms with Gasteiger partial charge < -0.3 is 5.32 Å². The number of anilines is 2. The summed E-state index contributed by atoms with van der Waals surface area (Å²) in [6.45, 7) is 2.67. The van der Waals surface area contributed by atoms with E-state index in [1.807, 2.05) is 41.2 Å². The fraction of sp³-hybridized carbons (Fsp3) is 0.222. The van der Waals surface area contributed by atoms with Crippen LogP contribution in [0.5, 0.6) is 0 Å². The van der Waals surface area contributed by atoms with Gasteiger partial charge in [0, 0.05) is 24.2 Å². The number of aromatic nitrogens is 4. The van der Waals surface area contributed by atoms with Crippen molar-refractivity contribution in [3.05, 3.63) is 77.6 Å². The van der Waals surface area contributed by atoms with Crippen molar-refractivity contribution in [1.29, 1.82) is 0 Å². The number of fused-ring (bicyclic) bond motifs is 2. The Labute approximate surface area is 232 Å². The first kappa shape index (κ1) is 26.4. The number of nitrogens with zero attached hydrogens (tertiary/aromatic N) is 5. The summed E-state index contributed by atoms with van der Waals surface area (Å²) in [7, 11) is -2.38. The molecular weight excluding hydrogens is 540 g/mol. The molecule has 2 aromatic carbocycles. The highest BCUT2D eigenvalue weighted by atomic mass is 35.5. The van der Waals surface area contributed by atoms with E-state index in [2.05, 4.69) is 61.4 Å². The molecule has 38 heavy (non-hydrogen) atoms. The number of nitrogens with one attached hydrogen (secondary N) is 1. The number of benzene rings is 2. The third-order valence-corrected chi connectivity index (χ3v) is 9.09. The maximum Gasteiger partial charge on any atom is 0.151 e. The Morgan fingerprint density at radius 2 is 1.84 bits per heavy atom. The van der Waals surface area contributed by atoms with E-state index in [1.54, 1.807) is 17.7 Å². The fourth-order valence-electron chi connectivity index (χ4n) is 4.35. The summed E-state index contributed by atoms with van der Waals surface area (Å²) in [4.78, 5) is 12.0. The van der Waals surface area contributed by atoms with Crippen molar-refractivity contribution in [1.82, 2.24) is 24.6 Å². The molecule has 0 aliphatic carbocycles. The Balaban J connectivity index is 0.00000294. The number of rotatable bonds is 5. The van der Waals surface area contributed by atoms with Crippen molar-refractivity contribution in [2.45, 2.75) is 6.54 Å². The van der Waals surface area contributed by atoms with Gasteiger partial charge in [0.1, 0.15) is 6.33 Å². The lowest BCUT2D eigenvalue weighted by Crippen LogP contribution is -2.38. The minimum atomic E-state index is -2.38. The molecule has 0 radical (unpaired) electrons. The molecule has 1 saturated heterocycles. The SMILES string of the molecule is Cl.OS1(O)CCN(CC#Cc2cc3ncnc(Nc4ccc5c(cnn5Cc5ccccc5)c4)c3s2)CC1. The lowest BCUT2D eigenvalue weighted by Gasteiger charge is -2.40. The van der Waals surface area contributed by atoms with Crippen molar-refractivity contribution in [2.24, 2.45) is 0 Å². The van der Waals surface area contributed by atoms with Crippen molar-refractivity contribution in [2.75, 3.05) is 36.5 Å². The maximum atomic E-state index is 9.77. The lowest BCUT2D eigenvalue weighted by molar-refractivity contribution is 0.318. The second-order valence-corrected chi connectivity index (χ2v) is 12.5. The van der Waals surface area contributed by atoms with Crippen LogP contribution in [0.4, 0.5) is 11.5 Å². The molecule has 1 fully saturated rings. The van der Waals surface area contributed by atoms with Crippen LogP contribution >= 0.6 is 34.3 Å². The highest BCUT2D eigenvalue weighted by Crippen LogP contribution is 2.40. The second-order valence-electron chi connectivity index (χ2n) is 9.02. The molecule has 3 aromatic heterocycles. The molecule has 8 nitrogen and oxygen atoms in total. The summed E-state index contributed by atoms with van der Waals surface area (Å²) in [5, 5.41) is 9.09. The van der Waals surface area contributed by atoms with Crippen LogP contribution in [0.25, 0.3) is 21.1 Å². The van der Waals surface area contributed by atoms with Gasteiger partial charge in [-0.1, -0.05) is 42.2 Å². The van der Waals surface area contributed by atoms with E-state index >= 15 is 0 Å². The molecule has 6 rings (SSSR count). The third kappa shape index (κ3) is 5.94. The normalized spacial score (nSPS) is 15.9. The average molecular weight is 567 g/mol. The molecule has 196 valence electrons. The van der Waals surface area contributed by atoms with E-state index < -0.39 is 10.6 Å². The number of hydrogen-bond acceptors (Lipinski definition) is 8. The van der Waals surface area contributed by atoms with Crippen LogP contribution in [0.3, 0.4) is 0 Å². The monoisotopic (exact) mass is 566 g/mol. The number of hydrogen-bond donors (Lipinski definition) is 3. The summed E-state index contributed by atoms with van der Waals surface area (Å²) < 4.78 is 22.5. The molecule has 1 aliphatic heterocycles. The molecule has 4 heterocycles. The van der Waals surface area contributed by atoms with Crippen LogP contribution in [0.1, 0.15) is 10.4 Å². The Morgan fingerprint density at radius 3 is 2.66 bits per heavy atom. The Kier molecular flexibility index (Phi) is 7.85. The first-order valence-electron chi connectivity index (χ1n) is 12.0. The van der Waals surface area contributed by atoms with Crippen molar-refractivity contribution in [3.63, 3.8) is 0 Å². The highest BCUT2D eigenvalue weighted by molar-refractivity contribution is 8.24. The minimum Gasteiger partial charge on any atom is -0.339 e. The molecule has 0 atom stereocenters. The quantitative estimate of drug-likeness (QED) is 0.236. The topological polar surface area (TPSA) is 99.3 Å². The molecule has 0 unspecified atom stereocenters. The van der Waals surface area contributed by atoms with Gasteiger partial charge in [0.2, 0.25) is 0 Å². The van der Waals surface area contributed by atoms with Crippen LogP contribution in [0.2, 0.25) is 0 Å². The van der Waals surface area contributed by atoms with E-state index in [9.17, 15) is 9.11 Å². The van der Waals surface area contributed by atoms with Gasteiger partial charge in [-0.3, -0.25) is 18.7 Å². The van der Waals surface area contributed by atoms with Gasteiger partial charge in [0.15, 0.2) is 5.82 Å². The van der Waals surface area contributed by atoms with Crippen LogP contribution < -0.4 is 5.32 Å². The summed E-state index contributed by atoms with van der Waals surface area (Å²) in [5.74, 6) is 8.08. The van der Waals surface area contributed by atoms with Gasteiger partial charge in [-0.15, -0.1) is 23.7 Å². The smallest absolute Gasteiger partial charge is 0.151 e. The molecule has 5 aromatic rings. The zero-order chi connectivity index (χ0) is 25.2. The van der Waals surface area contributed by atoms with Crippen molar-refractivity contribution >= 4 is 67.0 Å². The van der Waals surface area contributed by atoms with Crippen LogP contribution in [0, 0.1) is 11.8 Å². The van der Waals surface area contributed by atoms with E-state index in [0.29, 0.717) is 31.1 Å². The Bertz CT molecular complexity index is 1620. The first-order chi connectivity index (χ1) is 18.0. The van der Waals surface area contributed by atoms with Crippen molar-refractivity contribution in [3.8, 4) is 11.8 Å². The lowest BCUT2D eigenvalue weighted by atomic mass is 10.2. The second kappa shape index (κ2) is 11.3. The van der Waals surface area contributed by atoms with Crippen LogP contribution in [-0.2, 0) is 6.54 Å². The predicted molar refractivity (Wildman–Crippen MR) is 159 cm³/mol. The van der Waals surface area contributed by atoms with E-state index in [0.717, 1.165) is 44.0 Å². The van der Waals surface area contributed by atoms with Gasteiger partial charge >= 0.3 is 0 Å². The molecule has 3 N–H and O–H groups in total. The van der Waals surface area contributed by atoms with Gasteiger partial charge in [-0.2, -0.15) is 15.7 Å². The zero-order valence-corrected chi connectivity index (χ0v) is 22.9. The molecule has 0 saturated carbocycles. The summed E-state index contributed by atoms with van der Waals surface area (Å²) in [6, 6.07) is 18.5. The Morgan fingerprint density at radius 1 is 1.03 bits per heavy atom. The summed E-state index contributed by atoms with van der Waals surface area (Å²) in [5.41, 5.74) is 4.08. The summed E-state index contributed by atoms with van der Waals surface area (Å²) in [6.07, 6.45) is 3.46. The molecule has 11 heteroatoms. The van der Waals surface area contributed by atoms with Crippen LogP contribution in [-0.4, -0.2) is 64.9 Å². The maximum absolute atomic E-state index is 9.77. The fourth-order valence-corrected chi connectivity index (χ4v) is 6.59. The predicted octanol–water partition coefficient (Wildman–Crippen LogP) is 5.67. The van der Waals surface area contributed by atoms with E-state index in [4.69, 9.17) is 0 Å². The number of thiophene rings is 1. The van der Waals surface area contributed by atoms with E-state index in [-0.39, 0.29) is 12.4 Å². The van der Waals surface area contributed by atoms with Gasteiger partial charge in [-0.05, 0) is 29.8 Å². The largest absolute Gasteiger partial charge is 0.339 e. The first-order valence-corrected chi connectivity index (χ1v) is 14.7.